The van der Waals surface area contributed by atoms with Gasteiger partial charge in [-0.25, -0.2) is 4.39 Å². The summed E-state index contributed by atoms with van der Waals surface area (Å²) in [6, 6.07) is 13.9. The van der Waals surface area contributed by atoms with Crippen molar-refractivity contribution in [2.24, 2.45) is 0 Å². The number of carbonyl (C=O) groups is 2. The number of halogens is 1. The largest absolute Gasteiger partial charge is 0.467 e. The summed E-state index contributed by atoms with van der Waals surface area (Å²) in [5.41, 5.74) is 0.611. The lowest BCUT2D eigenvalue weighted by Gasteiger charge is -2.42. The normalized spacial score (nSPS) is 16.2. The molecule has 33 heavy (non-hydrogen) atoms. The molecular formula is C24H27FN4O3S. The molecule has 0 aliphatic carbocycles. The summed E-state index contributed by atoms with van der Waals surface area (Å²) in [4.78, 5) is 30.2. The van der Waals surface area contributed by atoms with Gasteiger partial charge in [-0.05, 0) is 42.6 Å². The van der Waals surface area contributed by atoms with Gasteiger partial charge in [-0.3, -0.25) is 14.5 Å². The molecule has 1 fully saturated rings. The number of benzene rings is 1. The quantitative estimate of drug-likeness (QED) is 0.519. The molecule has 1 saturated heterocycles. The van der Waals surface area contributed by atoms with Gasteiger partial charge in [0.2, 0.25) is 0 Å². The van der Waals surface area contributed by atoms with Gasteiger partial charge in [0.1, 0.15) is 11.6 Å². The molecule has 1 aromatic carbocycles. The van der Waals surface area contributed by atoms with Crippen molar-refractivity contribution in [1.82, 2.24) is 15.5 Å². The van der Waals surface area contributed by atoms with E-state index in [1.54, 1.807) is 35.6 Å². The number of piperazine rings is 1. The Balaban J connectivity index is 1.38. The third kappa shape index (κ3) is 5.61. The van der Waals surface area contributed by atoms with Gasteiger partial charge in [-0.1, -0.05) is 18.2 Å². The standard InChI is InChI=1S/C24H27FN4O3S/c1-17(27-24(31)23(30)26-16-18-6-4-14-32-18)22(21-9-5-15-33-21)29-12-10-28(11-13-29)20-8-3-2-7-19(20)25/h2-9,14-15,17,22H,10-13,16H2,1H3,(H,26,30)(H,27,31)/t17-,22-/m1/s1. The minimum atomic E-state index is -0.701. The number of rotatable bonds is 7. The number of para-hydroxylation sites is 1. The van der Waals surface area contributed by atoms with Gasteiger partial charge < -0.3 is 20.0 Å². The highest BCUT2D eigenvalue weighted by molar-refractivity contribution is 7.10. The second kappa shape index (κ2) is 10.6. The molecule has 3 heterocycles. The van der Waals surface area contributed by atoms with E-state index in [-0.39, 0.29) is 24.4 Å². The maximum Gasteiger partial charge on any atom is 0.309 e. The molecule has 3 aromatic rings. The van der Waals surface area contributed by atoms with Crippen LogP contribution in [0.2, 0.25) is 0 Å². The number of hydrogen-bond donors (Lipinski definition) is 2. The predicted molar refractivity (Wildman–Crippen MR) is 125 cm³/mol. The number of carbonyl (C=O) groups excluding carboxylic acids is 2. The number of amides is 2. The first-order valence-electron chi connectivity index (χ1n) is 10.9. The van der Waals surface area contributed by atoms with Crippen LogP contribution < -0.4 is 15.5 Å². The van der Waals surface area contributed by atoms with Gasteiger partial charge in [0, 0.05) is 37.1 Å². The maximum atomic E-state index is 14.2. The van der Waals surface area contributed by atoms with E-state index < -0.39 is 11.8 Å². The molecule has 0 bridgehead atoms. The van der Waals surface area contributed by atoms with Crippen molar-refractivity contribution < 1.29 is 18.4 Å². The van der Waals surface area contributed by atoms with Crippen molar-refractivity contribution in [2.45, 2.75) is 25.6 Å². The second-order valence-electron chi connectivity index (χ2n) is 7.96. The van der Waals surface area contributed by atoms with E-state index in [9.17, 15) is 14.0 Å². The molecule has 1 aliphatic heterocycles. The van der Waals surface area contributed by atoms with Crippen LogP contribution in [0.4, 0.5) is 10.1 Å². The highest BCUT2D eigenvalue weighted by atomic mass is 32.1. The molecule has 2 N–H and O–H groups in total. The van der Waals surface area contributed by atoms with Gasteiger partial charge in [0.05, 0.1) is 24.5 Å². The van der Waals surface area contributed by atoms with Crippen LogP contribution in [0.25, 0.3) is 0 Å². The molecule has 0 saturated carbocycles. The van der Waals surface area contributed by atoms with Crippen LogP contribution in [0, 0.1) is 5.82 Å². The van der Waals surface area contributed by atoms with E-state index in [4.69, 9.17) is 4.42 Å². The molecule has 2 atom stereocenters. The molecule has 2 amide bonds. The van der Waals surface area contributed by atoms with Crippen LogP contribution in [0.3, 0.4) is 0 Å². The molecule has 7 nitrogen and oxygen atoms in total. The summed E-state index contributed by atoms with van der Waals surface area (Å²) < 4.78 is 19.4. The molecule has 9 heteroatoms. The van der Waals surface area contributed by atoms with Crippen molar-refractivity contribution in [3.63, 3.8) is 0 Å². The number of thiophene rings is 1. The monoisotopic (exact) mass is 470 g/mol. The van der Waals surface area contributed by atoms with Crippen LogP contribution in [-0.2, 0) is 16.1 Å². The molecular weight excluding hydrogens is 443 g/mol. The molecule has 4 rings (SSSR count). The van der Waals surface area contributed by atoms with Crippen molar-refractivity contribution >= 4 is 28.8 Å². The van der Waals surface area contributed by atoms with Crippen molar-refractivity contribution in [3.8, 4) is 0 Å². The number of nitrogens with zero attached hydrogens (tertiary/aromatic N) is 2. The van der Waals surface area contributed by atoms with Crippen LogP contribution in [0.1, 0.15) is 23.6 Å². The number of furan rings is 1. The first-order chi connectivity index (χ1) is 16.0. The third-order valence-corrected chi connectivity index (χ3v) is 6.72. The fourth-order valence-corrected chi connectivity index (χ4v) is 5.13. The van der Waals surface area contributed by atoms with E-state index in [0.717, 1.165) is 4.88 Å². The Morgan fingerprint density at radius 2 is 1.85 bits per heavy atom. The van der Waals surface area contributed by atoms with E-state index in [0.29, 0.717) is 37.6 Å². The van der Waals surface area contributed by atoms with E-state index in [1.807, 2.05) is 35.4 Å². The van der Waals surface area contributed by atoms with Crippen molar-refractivity contribution in [2.75, 3.05) is 31.1 Å². The Bertz CT molecular complexity index is 1050. The molecule has 174 valence electrons. The van der Waals surface area contributed by atoms with E-state index in [2.05, 4.69) is 15.5 Å². The summed E-state index contributed by atoms with van der Waals surface area (Å²) >= 11 is 1.62. The first-order valence-corrected chi connectivity index (χ1v) is 11.8. The zero-order valence-corrected chi connectivity index (χ0v) is 19.2. The SMILES string of the molecule is C[C@@H](NC(=O)C(=O)NCc1ccco1)[C@H](c1cccs1)N1CCN(c2ccccc2F)CC1. The van der Waals surface area contributed by atoms with Gasteiger partial charge in [-0.15, -0.1) is 11.3 Å². The van der Waals surface area contributed by atoms with Gasteiger partial charge in [-0.2, -0.15) is 0 Å². The predicted octanol–water partition coefficient (Wildman–Crippen LogP) is 3.16. The van der Waals surface area contributed by atoms with Crippen LogP contribution in [0.5, 0.6) is 0 Å². The minimum absolute atomic E-state index is 0.0883. The maximum absolute atomic E-state index is 14.2. The van der Waals surface area contributed by atoms with E-state index in [1.165, 1.54) is 12.3 Å². The fourth-order valence-electron chi connectivity index (χ4n) is 4.16. The topological polar surface area (TPSA) is 77.8 Å². The average Bonchev–Trinajstić information content (AvgIpc) is 3.53. The Morgan fingerprint density at radius 3 is 2.52 bits per heavy atom. The average molecular weight is 471 g/mol. The Labute approximate surface area is 196 Å². The summed E-state index contributed by atoms with van der Waals surface area (Å²) in [7, 11) is 0. The fraction of sp³-hybridized carbons (Fsp3) is 0.333. The minimum Gasteiger partial charge on any atom is -0.467 e. The van der Waals surface area contributed by atoms with Gasteiger partial charge >= 0.3 is 11.8 Å². The lowest BCUT2D eigenvalue weighted by atomic mass is 10.0. The summed E-state index contributed by atoms with van der Waals surface area (Å²) in [6.45, 7) is 4.83. The summed E-state index contributed by atoms with van der Waals surface area (Å²) in [6.07, 6.45) is 1.52. The third-order valence-electron chi connectivity index (χ3n) is 5.78. The van der Waals surface area contributed by atoms with Gasteiger partial charge in [0.25, 0.3) is 0 Å². The Hall–Kier alpha value is -3.17. The Morgan fingerprint density at radius 1 is 1.06 bits per heavy atom. The van der Waals surface area contributed by atoms with Crippen LogP contribution in [-0.4, -0.2) is 48.9 Å². The Kier molecular flexibility index (Phi) is 7.41. The molecule has 0 spiro atoms. The highest BCUT2D eigenvalue weighted by Gasteiger charge is 2.32. The van der Waals surface area contributed by atoms with Crippen LogP contribution in [0.15, 0.2) is 64.6 Å². The lowest BCUT2D eigenvalue weighted by Crippen LogP contribution is -2.53. The van der Waals surface area contributed by atoms with Gasteiger partial charge in [0.15, 0.2) is 0 Å². The zero-order valence-electron chi connectivity index (χ0n) is 18.4. The highest BCUT2D eigenvalue weighted by Crippen LogP contribution is 2.30. The van der Waals surface area contributed by atoms with Crippen LogP contribution >= 0.6 is 11.3 Å². The molecule has 1 aliphatic rings. The smallest absolute Gasteiger partial charge is 0.309 e. The molecule has 0 radical (unpaired) electrons. The zero-order chi connectivity index (χ0) is 23.2. The molecule has 2 aromatic heterocycles. The second-order valence-corrected chi connectivity index (χ2v) is 8.94. The lowest BCUT2D eigenvalue weighted by molar-refractivity contribution is -0.140. The van der Waals surface area contributed by atoms with E-state index >= 15 is 0 Å². The first kappa shape index (κ1) is 23.0. The summed E-state index contributed by atoms with van der Waals surface area (Å²) in [5, 5.41) is 7.43. The van der Waals surface area contributed by atoms with Crippen molar-refractivity contribution in [1.29, 1.82) is 0 Å². The number of anilines is 1. The summed E-state index contributed by atoms with van der Waals surface area (Å²) in [5.74, 6) is -1.02. The number of nitrogens with one attached hydrogen (secondary N) is 2. The van der Waals surface area contributed by atoms with Crippen molar-refractivity contribution in [3.05, 3.63) is 76.6 Å². The number of hydrogen-bond acceptors (Lipinski definition) is 6. The molecule has 0 unspecified atom stereocenters.